The van der Waals surface area contributed by atoms with Gasteiger partial charge in [-0.25, -0.2) is 4.98 Å². The second-order valence-electron chi connectivity index (χ2n) is 4.00. The van der Waals surface area contributed by atoms with Gasteiger partial charge in [0, 0.05) is 12.1 Å². The first-order valence-corrected chi connectivity index (χ1v) is 6.49. The molecule has 0 bridgehead atoms. The molecule has 0 spiro atoms. The predicted molar refractivity (Wildman–Crippen MR) is 73.4 cm³/mol. The standard InChI is InChI=1S/C11H14ClN7O/c1-2-3-13-9-5-7(4-8(12)15-9)11(20)14-6-10-16-18-19-17-10/h4-5H,2-3,6H2,1H3,(H,13,15)(H,14,20)(H,16,17,18,19). The van der Waals surface area contributed by atoms with Crippen LogP contribution in [-0.4, -0.2) is 38.1 Å². The summed E-state index contributed by atoms with van der Waals surface area (Å²) in [5.74, 6) is 0.700. The van der Waals surface area contributed by atoms with E-state index in [2.05, 4.69) is 36.2 Å². The second-order valence-corrected chi connectivity index (χ2v) is 4.39. The Morgan fingerprint density at radius 2 is 2.30 bits per heavy atom. The molecule has 0 aliphatic rings. The van der Waals surface area contributed by atoms with E-state index in [0.717, 1.165) is 13.0 Å². The lowest BCUT2D eigenvalue weighted by molar-refractivity contribution is 0.0950. The van der Waals surface area contributed by atoms with E-state index in [9.17, 15) is 4.79 Å². The molecule has 2 aromatic heterocycles. The Bertz CT molecular complexity index is 572. The summed E-state index contributed by atoms with van der Waals surface area (Å²) in [6.07, 6.45) is 0.952. The largest absolute Gasteiger partial charge is 0.370 e. The summed E-state index contributed by atoms with van der Waals surface area (Å²) in [4.78, 5) is 16.1. The number of halogens is 1. The van der Waals surface area contributed by atoms with E-state index >= 15 is 0 Å². The zero-order chi connectivity index (χ0) is 14.4. The van der Waals surface area contributed by atoms with Crippen molar-refractivity contribution in [2.75, 3.05) is 11.9 Å². The van der Waals surface area contributed by atoms with Crippen molar-refractivity contribution in [3.63, 3.8) is 0 Å². The van der Waals surface area contributed by atoms with Crippen molar-refractivity contribution in [2.24, 2.45) is 0 Å². The number of aromatic nitrogens is 5. The molecular weight excluding hydrogens is 282 g/mol. The summed E-state index contributed by atoms with van der Waals surface area (Å²) in [6.45, 7) is 2.99. The third-order valence-corrected chi connectivity index (χ3v) is 2.60. The smallest absolute Gasteiger partial charge is 0.251 e. The van der Waals surface area contributed by atoms with Crippen LogP contribution in [0.4, 0.5) is 5.82 Å². The number of hydrogen-bond acceptors (Lipinski definition) is 6. The van der Waals surface area contributed by atoms with Crippen molar-refractivity contribution in [3.05, 3.63) is 28.7 Å². The summed E-state index contributed by atoms with van der Waals surface area (Å²) in [5.41, 5.74) is 0.423. The number of nitrogens with one attached hydrogen (secondary N) is 3. The Balaban J connectivity index is 2.02. The number of anilines is 1. The van der Waals surface area contributed by atoms with E-state index in [4.69, 9.17) is 11.6 Å². The van der Waals surface area contributed by atoms with Crippen molar-refractivity contribution in [1.29, 1.82) is 0 Å². The van der Waals surface area contributed by atoms with Crippen molar-refractivity contribution in [1.82, 2.24) is 30.9 Å². The molecule has 0 saturated carbocycles. The summed E-state index contributed by atoms with van der Waals surface area (Å²) >= 11 is 5.90. The Morgan fingerprint density at radius 1 is 1.45 bits per heavy atom. The summed E-state index contributed by atoms with van der Waals surface area (Å²) in [6, 6.07) is 3.15. The van der Waals surface area contributed by atoms with Gasteiger partial charge >= 0.3 is 0 Å². The van der Waals surface area contributed by atoms with Gasteiger partial charge in [0.2, 0.25) is 0 Å². The topological polar surface area (TPSA) is 108 Å². The van der Waals surface area contributed by atoms with Crippen LogP contribution < -0.4 is 10.6 Å². The van der Waals surface area contributed by atoms with Gasteiger partial charge in [-0.3, -0.25) is 4.79 Å². The van der Waals surface area contributed by atoms with Gasteiger partial charge in [0.25, 0.3) is 5.91 Å². The summed E-state index contributed by atoms with van der Waals surface area (Å²) in [5, 5.41) is 19.2. The van der Waals surface area contributed by atoms with E-state index in [1.807, 2.05) is 6.92 Å². The minimum absolute atomic E-state index is 0.187. The lowest BCUT2D eigenvalue weighted by Gasteiger charge is -2.07. The molecule has 3 N–H and O–H groups in total. The number of hydrogen-bond donors (Lipinski definition) is 3. The van der Waals surface area contributed by atoms with Crippen LogP contribution in [0.1, 0.15) is 29.5 Å². The maximum Gasteiger partial charge on any atom is 0.251 e. The number of carbonyl (C=O) groups excluding carboxylic acids is 1. The highest BCUT2D eigenvalue weighted by Crippen LogP contribution is 2.14. The van der Waals surface area contributed by atoms with Gasteiger partial charge in [0.15, 0.2) is 5.82 Å². The third kappa shape index (κ3) is 3.89. The number of aromatic amines is 1. The fourth-order valence-electron chi connectivity index (χ4n) is 1.49. The number of H-pyrrole nitrogens is 1. The monoisotopic (exact) mass is 295 g/mol. The van der Waals surface area contributed by atoms with Crippen LogP contribution in [0.15, 0.2) is 12.1 Å². The van der Waals surface area contributed by atoms with Gasteiger partial charge in [-0.15, -0.1) is 10.2 Å². The van der Waals surface area contributed by atoms with Gasteiger partial charge < -0.3 is 10.6 Å². The minimum atomic E-state index is -0.279. The molecule has 0 aliphatic heterocycles. The van der Waals surface area contributed by atoms with E-state index in [-0.39, 0.29) is 17.6 Å². The molecule has 2 rings (SSSR count). The number of pyridine rings is 1. The average Bonchev–Trinajstić information content (AvgIpc) is 2.95. The van der Waals surface area contributed by atoms with Crippen molar-refractivity contribution >= 4 is 23.3 Å². The molecule has 1 amide bonds. The van der Waals surface area contributed by atoms with Gasteiger partial charge in [-0.05, 0) is 18.6 Å². The summed E-state index contributed by atoms with van der Waals surface area (Å²) in [7, 11) is 0. The van der Waals surface area contributed by atoms with Crippen LogP contribution in [0.25, 0.3) is 0 Å². The molecule has 8 nitrogen and oxygen atoms in total. The lowest BCUT2D eigenvalue weighted by atomic mass is 10.2. The molecule has 2 aromatic rings. The van der Waals surface area contributed by atoms with Crippen molar-refractivity contribution < 1.29 is 4.79 Å². The number of carbonyl (C=O) groups is 1. The zero-order valence-electron chi connectivity index (χ0n) is 10.9. The molecule has 0 aliphatic carbocycles. The Morgan fingerprint density at radius 3 is 3.00 bits per heavy atom. The SMILES string of the molecule is CCCNc1cc(C(=O)NCc2nn[nH]n2)cc(Cl)n1. The van der Waals surface area contributed by atoms with Crippen LogP contribution in [0.3, 0.4) is 0 Å². The van der Waals surface area contributed by atoms with Crippen LogP contribution in [0, 0.1) is 0 Å². The van der Waals surface area contributed by atoms with Gasteiger partial charge in [-0.1, -0.05) is 23.7 Å². The Kier molecular flexibility index (Phi) is 4.83. The Labute approximate surface area is 120 Å². The molecule has 0 saturated heterocycles. The van der Waals surface area contributed by atoms with E-state index in [1.54, 1.807) is 6.07 Å². The van der Waals surface area contributed by atoms with E-state index in [1.165, 1.54) is 6.07 Å². The lowest BCUT2D eigenvalue weighted by Crippen LogP contribution is -2.23. The first-order chi connectivity index (χ1) is 9.69. The van der Waals surface area contributed by atoms with Crippen LogP contribution in [0.5, 0.6) is 0 Å². The molecule has 0 radical (unpaired) electrons. The molecule has 9 heteroatoms. The highest BCUT2D eigenvalue weighted by molar-refractivity contribution is 6.29. The first-order valence-electron chi connectivity index (χ1n) is 6.11. The molecule has 2 heterocycles. The molecule has 0 atom stereocenters. The van der Waals surface area contributed by atoms with Crippen LogP contribution in [-0.2, 0) is 6.54 Å². The molecule has 0 unspecified atom stereocenters. The number of tetrazole rings is 1. The molecule has 20 heavy (non-hydrogen) atoms. The average molecular weight is 296 g/mol. The van der Waals surface area contributed by atoms with Gasteiger partial charge in [0.05, 0.1) is 6.54 Å². The van der Waals surface area contributed by atoms with Crippen LogP contribution in [0.2, 0.25) is 5.15 Å². The maximum absolute atomic E-state index is 12.0. The zero-order valence-corrected chi connectivity index (χ0v) is 11.6. The number of rotatable bonds is 6. The van der Waals surface area contributed by atoms with Crippen molar-refractivity contribution in [2.45, 2.75) is 19.9 Å². The fraction of sp³-hybridized carbons (Fsp3) is 0.364. The highest BCUT2D eigenvalue weighted by Gasteiger charge is 2.10. The van der Waals surface area contributed by atoms with Gasteiger partial charge in [0.1, 0.15) is 11.0 Å². The minimum Gasteiger partial charge on any atom is -0.370 e. The fourth-order valence-corrected chi connectivity index (χ4v) is 1.70. The maximum atomic E-state index is 12.0. The molecule has 0 fully saturated rings. The van der Waals surface area contributed by atoms with Crippen molar-refractivity contribution in [3.8, 4) is 0 Å². The number of nitrogens with zero attached hydrogens (tertiary/aromatic N) is 4. The van der Waals surface area contributed by atoms with E-state index in [0.29, 0.717) is 17.2 Å². The van der Waals surface area contributed by atoms with E-state index < -0.39 is 0 Å². The Hall–Kier alpha value is -2.22. The summed E-state index contributed by atoms with van der Waals surface area (Å²) < 4.78 is 0. The quantitative estimate of drug-likeness (QED) is 0.686. The number of amides is 1. The molecule has 106 valence electrons. The van der Waals surface area contributed by atoms with Gasteiger partial charge in [-0.2, -0.15) is 5.21 Å². The normalized spacial score (nSPS) is 10.3. The highest BCUT2D eigenvalue weighted by atomic mass is 35.5. The van der Waals surface area contributed by atoms with Crippen LogP contribution >= 0.6 is 11.6 Å². The predicted octanol–water partition coefficient (Wildman–Crippen LogP) is 1.000. The second kappa shape index (κ2) is 6.80. The first kappa shape index (κ1) is 14.2. The molecule has 0 aromatic carbocycles. The molecular formula is C11H14ClN7O. The third-order valence-electron chi connectivity index (χ3n) is 2.41.